The highest BCUT2D eigenvalue weighted by Gasteiger charge is 2.51. The number of piperazine rings is 1. The fourth-order valence-corrected chi connectivity index (χ4v) is 12.0. The number of piperidine rings is 2. The quantitative estimate of drug-likeness (QED) is 0.147. The molecule has 1 aliphatic carbocycles. The van der Waals surface area contributed by atoms with Gasteiger partial charge in [0.25, 0.3) is 5.91 Å². The Hall–Kier alpha value is -5.93. The second kappa shape index (κ2) is 15.3. The molecule has 12 rings (SSSR count). The molecule has 3 N–H and O–H groups in total. The average molecular weight is 880 g/mol. The summed E-state index contributed by atoms with van der Waals surface area (Å²) < 4.78 is 23.7. The highest BCUT2D eigenvalue weighted by Crippen LogP contribution is 2.50. The van der Waals surface area contributed by atoms with E-state index in [1.807, 2.05) is 30.3 Å². The molecule has 1 spiro atoms. The third-order valence-corrected chi connectivity index (χ3v) is 15.7. The monoisotopic (exact) mass is 879 g/mol. The molecule has 6 fully saturated rings. The van der Waals surface area contributed by atoms with Crippen LogP contribution in [0.5, 0.6) is 11.8 Å². The van der Waals surface area contributed by atoms with Crippen molar-refractivity contribution < 1.29 is 28.6 Å². The zero-order chi connectivity index (χ0) is 44.2. The van der Waals surface area contributed by atoms with Crippen LogP contribution in [-0.2, 0) is 22.6 Å². The lowest BCUT2D eigenvalue weighted by Gasteiger charge is -2.55. The first-order chi connectivity index (χ1) is 31.5. The number of phenols is 1. The van der Waals surface area contributed by atoms with E-state index in [-0.39, 0.29) is 57.9 Å². The SMILES string of the molecule is CCc1cccc2cc(O)cc(-c3ncc4c(N5CC6CCC(C5)N6)nc(OCC5(CN6CC7(CCN(c8ccc9c(c8)CN(C8CCC(=O)NC8=O)C9=O)CC7)C6)CC5)nc4c3F)c12. The number of carbonyl (C=O) groups is 3. The first-order valence-corrected chi connectivity index (χ1v) is 23.5. The Balaban J connectivity index is 0.729. The van der Waals surface area contributed by atoms with Crippen LogP contribution in [0.3, 0.4) is 0 Å². The van der Waals surface area contributed by atoms with Crippen LogP contribution in [0, 0.1) is 16.6 Å². The van der Waals surface area contributed by atoms with Crippen molar-refractivity contribution >= 4 is 50.9 Å². The highest BCUT2D eigenvalue weighted by atomic mass is 19.1. The Morgan fingerprint density at radius 3 is 2.48 bits per heavy atom. The van der Waals surface area contributed by atoms with Crippen LogP contribution in [0.15, 0.2) is 54.7 Å². The molecule has 1 saturated carbocycles. The number of halogens is 1. The van der Waals surface area contributed by atoms with E-state index in [9.17, 15) is 19.5 Å². The predicted molar refractivity (Wildman–Crippen MR) is 243 cm³/mol. The molecule has 7 aliphatic rings. The Morgan fingerprint density at radius 2 is 1.72 bits per heavy atom. The number of anilines is 2. The Morgan fingerprint density at radius 1 is 0.923 bits per heavy atom. The molecular formula is C50H54FN9O5. The number of pyridine rings is 1. The maximum atomic E-state index is 17.2. The van der Waals surface area contributed by atoms with E-state index in [1.54, 1.807) is 23.2 Å². The summed E-state index contributed by atoms with van der Waals surface area (Å²) >= 11 is 0. The molecule has 3 aromatic carbocycles. The lowest BCUT2D eigenvalue weighted by Crippen LogP contribution is -2.61. The molecule has 65 heavy (non-hydrogen) atoms. The lowest BCUT2D eigenvalue weighted by atomic mass is 9.71. The molecule has 6 aliphatic heterocycles. The normalized spacial score (nSPS) is 24.5. The van der Waals surface area contributed by atoms with E-state index in [0.29, 0.717) is 54.0 Å². The lowest BCUT2D eigenvalue weighted by molar-refractivity contribution is -0.136. The van der Waals surface area contributed by atoms with Crippen LogP contribution in [0.25, 0.3) is 32.9 Å². The molecule has 3 atom stereocenters. The molecule has 5 aromatic rings. The molecule has 5 saturated heterocycles. The fraction of sp³-hybridized carbons (Fsp3) is 0.480. The first-order valence-electron chi connectivity index (χ1n) is 23.5. The van der Waals surface area contributed by atoms with Gasteiger partial charge in [-0.15, -0.1) is 0 Å². The number of imide groups is 1. The second-order valence-electron chi connectivity index (χ2n) is 20.1. The third kappa shape index (κ3) is 7.13. The zero-order valence-electron chi connectivity index (χ0n) is 36.7. The zero-order valence-corrected chi connectivity index (χ0v) is 36.7. The fourth-order valence-electron chi connectivity index (χ4n) is 12.0. The first kappa shape index (κ1) is 40.6. The van der Waals surface area contributed by atoms with Crippen LogP contribution in [0.2, 0.25) is 0 Å². The number of phenolic OH excluding ortho intramolecular Hbond substituents is 1. The van der Waals surface area contributed by atoms with Gasteiger partial charge in [0.2, 0.25) is 11.8 Å². The maximum Gasteiger partial charge on any atom is 0.319 e. The number of aromatic hydroxyl groups is 1. The Labute approximate surface area is 376 Å². The number of hydrogen-bond donors (Lipinski definition) is 3. The smallest absolute Gasteiger partial charge is 0.319 e. The average Bonchev–Trinajstić information content (AvgIpc) is 3.88. The summed E-state index contributed by atoms with van der Waals surface area (Å²) in [7, 11) is 0. The molecule has 0 radical (unpaired) electrons. The predicted octanol–water partition coefficient (Wildman–Crippen LogP) is 5.72. The topological polar surface area (TPSA) is 156 Å². The molecule has 2 aromatic heterocycles. The number of ether oxygens (including phenoxy) is 1. The Kier molecular flexibility index (Phi) is 9.57. The van der Waals surface area contributed by atoms with E-state index in [2.05, 4.69) is 38.3 Å². The number of nitrogens with zero attached hydrogens (tertiary/aromatic N) is 7. The van der Waals surface area contributed by atoms with Crippen LogP contribution in [-0.4, -0.2) is 118 Å². The number of nitrogens with one attached hydrogen (secondary N) is 2. The van der Waals surface area contributed by atoms with Crippen LogP contribution >= 0.6 is 0 Å². The van der Waals surface area contributed by atoms with E-state index >= 15 is 4.39 Å². The van der Waals surface area contributed by atoms with Gasteiger partial charge in [-0.2, -0.15) is 9.97 Å². The van der Waals surface area contributed by atoms with E-state index in [4.69, 9.17) is 19.7 Å². The van der Waals surface area contributed by atoms with Crippen molar-refractivity contribution in [2.24, 2.45) is 10.8 Å². The van der Waals surface area contributed by atoms with Gasteiger partial charge in [-0.3, -0.25) is 24.7 Å². The molecule has 15 heteroatoms. The van der Waals surface area contributed by atoms with Gasteiger partial charge in [0.15, 0.2) is 5.82 Å². The molecule has 14 nitrogen and oxygen atoms in total. The number of rotatable bonds is 10. The second-order valence-corrected chi connectivity index (χ2v) is 20.1. The minimum atomic E-state index is -0.615. The van der Waals surface area contributed by atoms with Gasteiger partial charge < -0.3 is 34.8 Å². The van der Waals surface area contributed by atoms with Gasteiger partial charge in [-0.05, 0) is 109 Å². The van der Waals surface area contributed by atoms with Crippen molar-refractivity contribution in [3.05, 3.63) is 77.2 Å². The summed E-state index contributed by atoms with van der Waals surface area (Å²) in [4.78, 5) is 60.9. The number of amides is 3. The van der Waals surface area contributed by atoms with Crippen molar-refractivity contribution in [1.29, 1.82) is 0 Å². The van der Waals surface area contributed by atoms with Gasteiger partial charge >= 0.3 is 6.01 Å². The van der Waals surface area contributed by atoms with Crippen LogP contribution < -0.4 is 25.2 Å². The van der Waals surface area contributed by atoms with E-state index < -0.39 is 11.9 Å². The summed E-state index contributed by atoms with van der Waals surface area (Å²) in [6.45, 7) is 9.36. The van der Waals surface area contributed by atoms with E-state index in [1.165, 1.54) is 0 Å². The van der Waals surface area contributed by atoms with Gasteiger partial charge in [0, 0.05) is 99.3 Å². The molecule has 3 unspecified atom stereocenters. The summed E-state index contributed by atoms with van der Waals surface area (Å²) in [5.74, 6) is -0.661. The highest BCUT2D eigenvalue weighted by molar-refractivity contribution is 6.06. The number of aryl methyl sites for hydroxylation is 1. The number of likely N-dealkylation sites (tertiary alicyclic amines) is 1. The summed E-state index contributed by atoms with van der Waals surface area (Å²) in [5.41, 5.74) is 4.87. The van der Waals surface area contributed by atoms with Gasteiger partial charge in [-0.1, -0.05) is 25.1 Å². The van der Waals surface area contributed by atoms with Crippen LogP contribution in [0.4, 0.5) is 15.9 Å². The standard InChI is InChI=1S/C50H54FN9O5/c1-2-29-4-3-5-30-19-35(61)20-37(41(29)30)43-42(51)44-38(21-52-43)45(59-23-32-6-7-33(24-59)53-32)56-48(55-44)65-28-50(12-13-50)27-57-25-49(26-57)14-16-58(17-15-49)34-8-9-36-31(18-34)22-60(47(36)64)39-10-11-40(62)54-46(39)63/h3-5,8-9,18-21,32-33,39,53,61H,2,6-7,10-17,22-28H2,1H3,(H,54,62,63). The number of hydrogen-bond acceptors (Lipinski definition) is 12. The summed E-state index contributed by atoms with van der Waals surface area (Å²) in [5, 5.41) is 19.1. The van der Waals surface area contributed by atoms with Crippen LogP contribution in [0.1, 0.15) is 79.8 Å². The molecular weight excluding hydrogens is 826 g/mol. The molecule has 8 heterocycles. The number of benzene rings is 3. The largest absolute Gasteiger partial charge is 0.508 e. The van der Waals surface area contributed by atoms with E-state index in [0.717, 1.165) is 118 Å². The van der Waals surface area contributed by atoms with Crippen molar-refractivity contribution in [3.63, 3.8) is 0 Å². The minimum Gasteiger partial charge on any atom is -0.508 e. The Bertz CT molecular complexity index is 2790. The van der Waals surface area contributed by atoms with Crippen molar-refractivity contribution in [2.75, 3.05) is 62.2 Å². The summed E-state index contributed by atoms with van der Waals surface area (Å²) in [6, 6.07) is 15.5. The molecule has 2 bridgehead atoms. The third-order valence-electron chi connectivity index (χ3n) is 15.7. The molecule has 3 amide bonds. The number of carbonyl (C=O) groups excluding carboxylic acids is 3. The van der Waals surface area contributed by atoms with Gasteiger partial charge in [0.05, 0.1) is 12.0 Å². The molecule has 336 valence electrons. The van der Waals surface area contributed by atoms with Crippen molar-refractivity contribution in [1.82, 2.24) is 35.4 Å². The van der Waals surface area contributed by atoms with Crippen molar-refractivity contribution in [3.8, 4) is 23.0 Å². The summed E-state index contributed by atoms with van der Waals surface area (Å²) in [6.07, 6.45) is 9.53. The van der Waals surface area contributed by atoms with Gasteiger partial charge in [0.1, 0.15) is 28.8 Å². The maximum absolute atomic E-state index is 17.2. The number of fused-ring (bicyclic) bond motifs is 5. The number of aromatic nitrogens is 3. The minimum absolute atomic E-state index is 0.00249. The van der Waals surface area contributed by atoms with Crippen molar-refractivity contribution in [2.45, 2.75) is 89.4 Å². The van der Waals surface area contributed by atoms with Gasteiger partial charge in [-0.25, -0.2) is 4.39 Å².